The number of primary amides is 1. The van der Waals surface area contributed by atoms with E-state index in [1.165, 1.54) is 4.90 Å². The van der Waals surface area contributed by atoms with Crippen molar-refractivity contribution in [1.82, 2.24) is 0 Å². The zero-order valence-corrected chi connectivity index (χ0v) is 8.60. The second kappa shape index (κ2) is 3.31. The average molecular weight is 203 g/mol. The van der Waals surface area contributed by atoms with Crippen molar-refractivity contribution in [3.8, 4) is 0 Å². The van der Waals surface area contributed by atoms with Gasteiger partial charge in [0.1, 0.15) is 0 Å². The van der Waals surface area contributed by atoms with Crippen molar-refractivity contribution in [2.45, 2.75) is 0 Å². The lowest BCUT2D eigenvalue weighted by Gasteiger charge is -2.36. The molecule has 1 aliphatic rings. The minimum Gasteiger partial charge on any atom is -0.351 e. The first-order valence-electron chi connectivity index (χ1n) is 4.69. The summed E-state index contributed by atoms with van der Waals surface area (Å²) in [4.78, 5) is 14.8. The van der Waals surface area contributed by atoms with E-state index in [-0.39, 0.29) is 0 Å². The van der Waals surface area contributed by atoms with E-state index in [4.69, 9.17) is 5.73 Å². The van der Waals surface area contributed by atoms with Crippen molar-refractivity contribution in [3.63, 3.8) is 0 Å². The molecule has 1 aromatic carbocycles. The number of amides is 2. The third-order valence-electron chi connectivity index (χ3n) is 2.61. The first-order chi connectivity index (χ1) is 7.11. The topological polar surface area (TPSA) is 49.6 Å². The molecule has 0 aromatic heterocycles. The maximum absolute atomic E-state index is 11.3. The second-order valence-corrected chi connectivity index (χ2v) is 3.54. The third-order valence-corrected chi connectivity index (χ3v) is 2.61. The first kappa shape index (κ1) is 9.58. The number of hydrogen-bond donors (Lipinski definition) is 1. The van der Waals surface area contributed by atoms with Crippen LogP contribution in [0.25, 0.3) is 0 Å². The van der Waals surface area contributed by atoms with Crippen LogP contribution in [-0.4, -0.2) is 19.6 Å². The number of carbonyl (C=O) groups excluding carboxylic acids is 1. The van der Waals surface area contributed by atoms with Crippen LogP contribution in [0.15, 0.2) is 36.5 Å². The molecule has 0 atom stereocenters. The Morgan fingerprint density at radius 3 is 2.60 bits per heavy atom. The molecular formula is C11H13N3O. The van der Waals surface area contributed by atoms with Crippen molar-refractivity contribution in [2.24, 2.45) is 5.73 Å². The number of hydrogen-bond acceptors (Lipinski definition) is 2. The van der Waals surface area contributed by atoms with Gasteiger partial charge in [0, 0.05) is 12.7 Å². The van der Waals surface area contributed by atoms with Crippen LogP contribution in [0.4, 0.5) is 16.2 Å². The van der Waals surface area contributed by atoms with Gasteiger partial charge in [-0.25, -0.2) is 4.79 Å². The quantitative estimate of drug-likeness (QED) is 0.695. The zero-order chi connectivity index (χ0) is 11.0. The van der Waals surface area contributed by atoms with Gasteiger partial charge < -0.3 is 10.6 Å². The first-order valence-corrected chi connectivity index (χ1v) is 4.69. The van der Waals surface area contributed by atoms with Gasteiger partial charge in [-0.1, -0.05) is 18.7 Å². The summed E-state index contributed by atoms with van der Waals surface area (Å²) < 4.78 is 0. The third kappa shape index (κ3) is 1.44. The van der Waals surface area contributed by atoms with Crippen molar-refractivity contribution in [2.75, 3.05) is 23.4 Å². The van der Waals surface area contributed by atoms with E-state index in [1.807, 2.05) is 36.2 Å². The lowest BCUT2D eigenvalue weighted by molar-refractivity contribution is 0.254. The molecule has 15 heavy (non-hydrogen) atoms. The van der Waals surface area contributed by atoms with E-state index in [0.29, 0.717) is 6.54 Å². The summed E-state index contributed by atoms with van der Waals surface area (Å²) in [5.41, 5.74) is 7.96. The second-order valence-electron chi connectivity index (χ2n) is 3.54. The summed E-state index contributed by atoms with van der Waals surface area (Å²) in [5.74, 6) is 0. The number of nitrogens with two attached hydrogens (primary N) is 1. The van der Waals surface area contributed by atoms with Gasteiger partial charge >= 0.3 is 6.03 Å². The molecule has 0 saturated heterocycles. The monoisotopic (exact) mass is 203 g/mol. The van der Waals surface area contributed by atoms with Crippen LogP contribution in [0.5, 0.6) is 0 Å². The van der Waals surface area contributed by atoms with E-state index in [9.17, 15) is 4.79 Å². The molecule has 78 valence electrons. The van der Waals surface area contributed by atoms with Gasteiger partial charge in [-0.05, 0) is 12.1 Å². The predicted molar refractivity (Wildman–Crippen MR) is 60.9 cm³/mol. The fourth-order valence-corrected chi connectivity index (χ4v) is 1.72. The Morgan fingerprint density at radius 1 is 1.40 bits per heavy atom. The summed E-state index contributed by atoms with van der Waals surface area (Å²) >= 11 is 0. The molecule has 0 aliphatic carbocycles. The Bertz CT molecular complexity index is 428. The maximum atomic E-state index is 11.3. The van der Waals surface area contributed by atoms with Crippen LogP contribution in [0.1, 0.15) is 0 Å². The lowest BCUT2D eigenvalue weighted by Crippen LogP contribution is -2.43. The van der Waals surface area contributed by atoms with E-state index in [1.54, 1.807) is 0 Å². The Morgan fingerprint density at radius 2 is 2.00 bits per heavy atom. The van der Waals surface area contributed by atoms with Crippen LogP contribution in [0.2, 0.25) is 0 Å². The summed E-state index contributed by atoms with van der Waals surface area (Å²) in [6.45, 7) is 4.35. The van der Waals surface area contributed by atoms with Crippen molar-refractivity contribution in [1.29, 1.82) is 0 Å². The molecule has 0 radical (unpaired) electrons. The van der Waals surface area contributed by atoms with E-state index in [2.05, 4.69) is 6.58 Å². The van der Waals surface area contributed by atoms with Gasteiger partial charge in [-0.2, -0.15) is 0 Å². The number of fused-ring (bicyclic) bond motifs is 1. The highest BCUT2D eigenvalue weighted by Crippen LogP contribution is 2.34. The molecule has 2 rings (SSSR count). The number of rotatable bonds is 0. The van der Waals surface area contributed by atoms with Crippen LogP contribution in [-0.2, 0) is 0 Å². The summed E-state index contributed by atoms with van der Waals surface area (Å²) in [6.07, 6.45) is 0. The average Bonchev–Trinajstić information content (AvgIpc) is 2.23. The number of anilines is 2. The number of nitrogens with zero attached hydrogens (tertiary/aromatic N) is 2. The summed E-state index contributed by atoms with van der Waals surface area (Å²) in [5, 5.41) is 0. The Hall–Kier alpha value is -1.97. The van der Waals surface area contributed by atoms with Crippen LogP contribution < -0.4 is 15.5 Å². The molecule has 4 heteroatoms. The van der Waals surface area contributed by atoms with Gasteiger partial charge in [0.05, 0.1) is 17.9 Å². The fraction of sp³-hybridized carbons (Fsp3) is 0.182. The predicted octanol–water partition coefficient (Wildman–Crippen LogP) is 1.54. The molecule has 1 heterocycles. The minimum atomic E-state index is -0.447. The number of benzene rings is 1. The highest BCUT2D eigenvalue weighted by molar-refractivity contribution is 5.97. The normalized spacial score (nSPS) is 15.1. The molecule has 1 aliphatic heterocycles. The summed E-state index contributed by atoms with van der Waals surface area (Å²) in [6, 6.07) is 7.18. The number of para-hydroxylation sites is 2. The molecule has 2 N–H and O–H groups in total. The standard InChI is InChI=1S/C11H13N3O/c1-8-7-14(11(12)15)10-6-4-3-5-9(10)13(8)2/h3-6H,1,7H2,2H3,(H2,12,15). The van der Waals surface area contributed by atoms with E-state index < -0.39 is 6.03 Å². The van der Waals surface area contributed by atoms with Crippen LogP contribution in [0, 0.1) is 0 Å². The van der Waals surface area contributed by atoms with Crippen LogP contribution in [0.3, 0.4) is 0 Å². The number of likely N-dealkylation sites (N-methyl/N-ethyl adjacent to an activating group) is 1. The highest BCUT2D eigenvalue weighted by atomic mass is 16.2. The largest absolute Gasteiger partial charge is 0.351 e. The molecule has 1 aromatic rings. The Balaban J connectivity index is 2.54. The molecule has 0 spiro atoms. The number of carbonyl (C=O) groups is 1. The molecule has 0 bridgehead atoms. The van der Waals surface area contributed by atoms with Crippen molar-refractivity contribution >= 4 is 17.4 Å². The molecule has 0 fully saturated rings. The molecule has 0 unspecified atom stereocenters. The molecule has 2 amide bonds. The highest BCUT2D eigenvalue weighted by Gasteiger charge is 2.25. The number of urea groups is 1. The fourth-order valence-electron chi connectivity index (χ4n) is 1.72. The van der Waals surface area contributed by atoms with Crippen molar-refractivity contribution < 1.29 is 4.79 Å². The lowest BCUT2D eigenvalue weighted by atomic mass is 10.1. The maximum Gasteiger partial charge on any atom is 0.319 e. The van der Waals surface area contributed by atoms with Gasteiger partial charge in [-0.15, -0.1) is 0 Å². The molecular weight excluding hydrogens is 190 g/mol. The van der Waals surface area contributed by atoms with Gasteiger partial charge in [0.15, 0.2) is 0 Å². The van der Waals surface area contributed by atoms with Crippen molar-refractivity contribution in [3.05, 3.63) is 36.5 Å². The van der Waals surface area contributed by atoms with Crippen LogP contribution >= 0.6 is 0 Å². The van der Waals surface area contributed by atoms with Gasteiger partial charge in [-0.3, -0.25) is 4.90 Å². The SMILES string of the molecule is C=C1CN(C(N)=O)c2ccccc2N1C. The Labute approximate surface area is 88.6 Å². The van der Waals surface area contributed by atoms with Gasteiger partial charge in [0.25, 0.3) is 0 Å². The zero-order valence-electron chi connectivity index (χ0n) is 8.60. The van der Waals surface area contributed by atoms with E-state index >= 15 is 0 Å². The molecule has 0 saturated carbocycles. The minimum absolute atomic E-state index is 0.447. The smallest absolute Gasteiger partial charge is 0.319 e. The summed E-state index contributed by atoms with van der Waals surface area (Å²) in [7, 11) is 1.93. The Kier molecular flexibility index (Phi) is 2.11. The molecule has 4 nitrogen and oxygen atoms in total. The van der Waals surface area contributed by atoms with E-state index in [0.717, 1.165) is 17.1 Å². The van der Waals surface area contributed by atoms with Gasteiger partial charge in [0.2, 0.25) is 0 Å².